The van der Waals surface area contributed by atoms with Crippen LogP contribution in [0, 0.1) is 0 Å². The zero-order valence-corrected chi connectivity index (χ0v) is 14.6. The summed E-state index contributed by atoms with van der Waals surface area (Å²) in [5, 5.41) is 10.7. The van der Waals surface area contributed by atoms with Gasteiger partial charge in [0.15, 0.2) is 5.78 Å². The molecule has 0 aliphatic heterocycles. The molecule has 0 aliphatic rings. The first-order chi connectivity index (χ1) is 11.7. The fraction of sp³-hybridized carbons (Fsp3) is 0.176. The van der Waals surface area contributed by atoms with Gasteiger partial charge in [-0.05, 0) is 50.2 Å². The molecule has 7 nitrogen and oxygen atoms in total. The number of hydrogen-bond acceptors (Lipinski definition) is 5. The number of nitrogens with one attached hydrogen (secondary N) is 2. The van der Waals surface area contributed by atoms with E-state index >= 15 is 0 Å². The van der Waals surface area contributed by atoms with Crippen molar-refractivity contribution in [3.8, 4) is 0 Å². The van der Waals surface area contributed by atoms with Crippen LogP contribution in [-0.4, -0.2) is 26.2 Å². The second-order valence-electron chi connectivity index (χ2n) is 5.56. The molecule has 0 heterocycles. The number of sulfonamides is 1. The Morgan fingerprint density at radius 2 is 1.68 bits per heavy atom. The molecule has 0 fully saturated rings. The molecule has 0 radical (unpaired) electrons. The van der Waals surface area contributed by atoms with Crippen LogP contribution in [0.4, 0.5) is 11.4 Å². The molecule has 2 rings (SSSR count). The minimum Gasteiger partial charge on any atom is -0.374 e. The Labute approximate surface area is 146 Å². The molecular weight excluding hydrogens is 342 g/mol. The Kier molecular flexibility index (Phi) is 5.55. The SMILES string of the molecule is CC(=O)c1cccc(N[C@@H](C)C(=O)Nc2ccc(S(N)(=O)=O)cc2)c1. The van der Waals surface area contributed by atoms with E-state index in [1.165, 1.54) is 31.2 Å². The Morgan fingerprint density at radius 1 is 1.04 bits per heavy atom. The predicted molar refractivity (Wildman–Crippen MR) is 96.0 cm³/mol. The molecule has 25 heavy (non-hydrogen) atoms. The highest BCUT2D eigenvalue weighted by Crippen LogP contribution is 2.15. The molecule has 8 heteroatoms. The molecule has 132 valence electrons. The molecule has 0 spiro atoms. The molecule has 0 unspecified atom stereocenters. The van der Waals surface area contributed by atoms with Gasteiger partial charge in [-0.1, -0.05) is 12.1 Å². The van der Waals surface area contributed by atoms with E-state index in [-0.39, 0.29) is 16.6 Å². The van der Waals surface area contributed by atoms with Gasteiger partial charge < -0.3 is 10.6 Å². The van der Waals surface area contributed by atoms with Gasteiger partial charge >= 0.3 is 0 Å². The minimum atomic E-state index is -3.77. The highest BCUT2D eigenvalue weighted by molar-refractivity contribution is 7.89. The van der Waals surface area contributed by atoms with Gasteiger partial charge in [0.2, 0.25) is 15.9 Å². The number of primary sulfonamides is 1. The van der Waals surface area contributed by atoms with Gasteiger partial charge in [0.05, 0.1) is 4.90 Å². The third-order valence-electron chi connectivity index (χ3n) is 3.50. The van der Waals surface area contributed by atoms with Crippen LogP contribution in [0.15, 0.2) is 53.4 Å². The van der Waals surface area contributed by atoms with E-state index in [0.29, 0.717) is 16.9 Å². The molecule has 2 aromatic rings. The van der Waals surface area contributed by atoms with Crippen molar-refractivity contribution in [3.63, 3.8) is 0 Å². The van der Waals surface area contributed by atoms with E-state index in [2.05, 4.69) is 10.6 Å². The molecule has 2 aromatic carbocycles. The van der Waals surface area contributed by atoms with Crippen LogP contribution in [-0.2, 0) is 14.8 Å². The van der Waals surface area contributed by atoms with Crippen molar-refractivity contribution in [3.05, 3.63) is 54.1 Å². The van der Waals surface area contributed by atoms with Crippen molar-refractivity contribution < 1.29 is 18.0 Å². The van der Waals surface area contributed by atoms with Crippen LogP contribution < -0.4 is 15.8 Å². The first-order valence-electron chi connectivity index (χ1n) is 7.48. The van der Waals surface area contributed by atoms with Gasteiger partial charge in [0.1, 0.15) is 6.04 Å². The fourth-order valence-corrected chi connectivity index (χ4v) is 2.64. The normalized spacial score (nSPS) is 12.3. The molecule has 0 saturated heterocycles. The standard InChI is InChI=1S/C17H19N3O4S/c1-11(19-15-5-3-4-13(10-15)12(2)21)17(22)20-14-6-8-16(9-7-14)25(18,23)24/h3-11,19H,1-2H3,(H,20,22)(H2,18,23,24)/t11-/m0/s1. The lowest BCUT2D eigenvalue weighted by molar-refractivity contribution is -0.116. The summed E-state index contributed by atoms with van der Waals surface area (Å²) in [5.74, 6) is -0.368. The van der Waals surface area contributed by atoms with Crippen LogP contribution in [0.25, 0.3) is 0 Å². The van der Waals surface area contributed by atoms with Crippen molar-refractivity contribution in [1.29, 1.82) is 0 Å². The van der Waals surface area contributed by atoms with E-state index in [1.54, 1.807) is 31.2 Å². The molecule has 1 amide bonds. The third-order valence-corrected chi connectivity index (χ3v) is 4.43. The zero-order chi connectivity index (χ0) is 18.6. The van der Waals surface area contributed by atoms with Crippen molar-refractivity contribution >= 4 is 33.1 Å². The predicted octanol–water partition coefficient (Wildman–Crippen LogP) is 1.98. The number of amides is 1. The minimum absolute atomic E-state index is 0.0299. The van der Waals surface area contributed by atoms with Gasteiger partial charge in [-0.3, -0.25) is 9.59 Å². The number of carbonyl (C=O) groups is 2. The molecule has 0 saturated carbocycles. The van der Waals surface area contributed by atoms with Gasteiger partial charge in [-0.2, -0.15) is 0 Å². The summed E-state index contributed by atoms with van der Waals surface area (Å²) in [4.78, 5) is 23.6. The Morgan fingerprint density at radius 3 is 2.24 bits per heavy atom. The highest BCUT2D eigenvalue weighted by Gasteiger charge is 2.14. The third kappa shape index (κ3) is 5.13. The van der Waals surface area contributed by atoms with Crippen LogP contribution in [0.5, 0.6) is 0 Å². The van der Waals surface area contributed by atoms with E-state index in [1.807, 2.05) is 0 Å². The monoisotopic (exact) mass is 361 g/mol. The summed E-state index contributed by atoms with van der Waals surface area (Å²) in [6, 6.07) is 11.9. The quantitative estimate of drug-likeness (QED) is 0.680. The lowest BCUT2D eigenvalue weighted by atomic mass is 10.1. The Balaban J connectivity index is 2.03. The molecule has 4 N–H and O–H groups in total. The first-order valence-corrected chi connectivity index (χ1v) is 9.03. The second kappa shape index (κ2) is 7.45. The molecule has 1 atom stereocenters. The number of ketones is 1. The van der Waals surface area contributed by atoms with E-state index in [0.717, 1.165) is 0 Å². The lowest BCUT2D eigenvalue weighted by Crippen LogP contribution is -2.31. The summed E-state index contributed by atoms with van der Waals surface area (Å²) >= 11 is 0. The molecule has 0 bridgehead atoms. The highest BCUT2D eigenvalue weighted by atomic mass is 32.2. The van der Waals surface area contributed by atoms with Crippen LogP contribution in [0.2, 0.25) is 0 Å². The summed E-state index contributed by atoms with van der Waals surface area (Å²) in [6.07, 6.45) is 0. The van der Waals surface area contributed by atoms with E-state index in [4.69, 9.17) is 5.14 Å². The number of anilines is 2. The second-order valence-corrected chi connectivity index (χ2v) is 7.12. The van der Waals surface area contributed by atoms with Crippen molar-refractivity contribution in [1.82, 2.24) is 0 Å². The fourth-order valence-electron chi connectivity index (χ4n) is 2.12. The maximum absolute atomic E-state index is 12.2. The number of Topliss-reactive ketones (excluding diaryl/α,β-unsaturated/α-hetero) is 1. The van der Waals surface area contributed by atoms with E-state index < -0.39 is 16.1 Å². The summed E-state index contributed by atoms with van der Waals surface area (Å²) in [6.45, 7) is 3.15. The van der Waals surface area contributed by atoms with Gasteiger partial charge in [0.25, 0.3) is 0 Å². The van der Waals surface area contributed by atoms with Crippen LogP contribution in [0.3, 0.4) is 0 Å². The maximum atomic E-state index is 12.2. The number of carbonyl (C=O) groups excluding carboxylic acids is 2. The van der Waals surface area contributed by atoms with Crippen molar-refractivity contribution in [2.75, 3.05) is 10.6 Å². The average Bonchev–Trinajstić information content (AvgIpc) is 2.54. The maximum Gasteiger partial charge on any atom is 0.246 e. The smallest absolute Gasteiger partial charge is 0.246 e. The number of benzene rings is 2. The summed E-state index contributed by atoms with van der Waals surface area (Å²) < 4.78 is 22.4. The number of rotatable bonds is 6. The van der Waals surface area contributed by atoms with Crippen molar-refractivity contribution in [2.45, 2.75) is 24.8 Å². The molecular formula is C17H19N3O4S. The lowest BCUT2D eigenvalue weighted by Gasteiger charge is -2.16. The van der Waals surface area contributed by atoms with Gasteiger partial charge in [-0.15, -0.1) is 0 Å². The molecule has 0 aliphatic carbocycles. The largest absolute Gasteiger partial charge is 0.374 e. The number of hydrogen-bond donors (Lipinski definition) is 3. The Bertz CT molecular complexity index is 892. The first kappa shape index (κ1) is 18.6. The average molecular weight is 361 g/mol. The topological polar surface area (TPSA) is 118 Å². The van der Waals surface area contributed by atoms with E-state index in [9.17, 15) is 18.0 Å². The van der Waals surface area contributed by atoms with Crippen LogP contribution >= 0.6 is 0 Å². The number of nitrogens with two attached hydrogens (primary N) is 1. The van der Waals surface area contributed by atoms with Gasteiger partial charge in [-0.25, -0.2) is 13.6 Å². The zero-order valence-electron chi connectivity index (χ0n) is 13.8. The Hall–Kier alpha value is -2.71. The van der Waals surface area contributed by atoms with Gasteiger partial charge in [0, 0.05) is 16.9 Å². The summed E-state index contributed by atoms with van der Waals surface area (Å²) in [7, 11) is -3.77. The van der Waals surface area contributed by atoms with Crippen LogP contribution in [0.1, 0.15) is 24.2 Å². The summed E-state index contributed by atoms with van der Waals surface area (Å²) in [5.41, 5.74) is 1.65. The molecule has 0 aromatic heterocycles. The van der Waals surface area contributed by atoms with Crippen molar-refractivity contribution in [2.24, 2.45) is 5.14 Å².